The summed E-state index contributed by atoms with van der Waals surface area (Å²) < 4.78 is 0. The number of nitrogens with zero attached hydrogens (tertiary/aromatic N) is 3. The van der Waals surface area contributed by atoms with Crippen molar-refractivity contribution in [3.8, 4) is 6.07 Å². The predicted octanol–water partition coefficient (Wildman–Crippen LogP) is 2.89. The summed E-state index contributed by atoms with van der Waals surface area (Å²) in [5.74, 6) is 0. The Kier molecular flexibility index (Phi) is 3.35. The molecule has 0 fully saturated rings. The molecule has 0 amide bonds. The van der Waals surface area contributed by atoms with E-state index in [1.165, 1.54) is 0 Å². The van der Waals surface area contributed by atoms with Gasteiger partial charge in [0.2, 0.25) is 0 Å². The molecule has 0 spiro atoms. The van der Waals surface area contributed by atoms with Gasteiger partial charge in [0.15, 0.2) is 0 Å². The van der Waals surface area contributed by atoms with E-state index in [1.54, 1.807) is 23.6 Å². The molecule has 86 valence electrons. The van der Waals surface area contributed by atoms with Crippen molar-refractivity contribution >= 4 is 17.0 Å². The maximum absolute atomic E-state index is 8.77. The standard InChI is InChI=1S/C12H12N4S/c1-8-7-17-12(15-8)9(2)16-10-3-4-14-11(5-10)6-13/h3-5,7,9H,1-2H3,(H,14,16). The maximum atomic E-state index is 8.77. The maximum Gasteiger partial charge on any atom is 0.142 e. The molecule has 5 heteroatoms. The zero-order valence-corrected chi connectivity index (χ0v) is 10.5. The van der Waals surface area contributed by atoms with Gasteiger partial charge < -0.3 is 5.32 Å². The van der Waals surface area contributed by atoms with Gasteiger partial charge in [-0.05, 0) is 26.0 Å². The Bertz CT molecular complexity index is 556. The summed E-state index contributed by atoms with van der Waals surface area (Å²) in [6.07, 6.45) is 1.63. The zero-order chi connectivity index (χ0) is 12.3. The van der Waals surface area contributed by atoms with Crippen LogP contribution in [0.15, 0.2) is 23.7 Å². The third-order valence-corrected chi connectivity index (χ3v) is 3.41. The van der Waals surface area contributed by atoms with Crippen molar-refractivity contribution in [2.24, 2.45) is 0 Å². The molecule has 0 saturated carbocycles. The predicted molar refractivity (Wildman–Crippen MR) is 67.8 cm³/mol. The van der Waals surface area contributed by atoms with E-state index in [9.17, 15) is 0 Å². The van der Waals surface area contributed by atoms with Crippen molar-refractivity contribution in [3.63, 3.8) is 0 Å². The van der Waals surface area contributed by atoms with E-state index in [2.05, 4.69) is 15.3 Å². The summed E-state index contributed by atoms with van der Waals surface area (Å²) in [5.41, 5.74) is 2.33. The minimum atomic E-state index is 0.127. The highest BCUT2D eigenvalue weighted by atomic mass is 32.1. The van der Waals surface area contributed by atoms with Crippen LogP contribution in [0.3, 0.4) is 0 Å². The van der Waals surface area contributed by atoms with E-state index < -0.39 is 0 Å². The smallest absolute Gasteiger partial charge is 0.142 e. The van der Waals surface area contributed by atoms with Crippen molar-refractivity contribution in [1.29, 1.82) is 5.26 Å². The third kappa shape index (κ3) is 2.80. The fraction of sp³-hybridized carbons (Fsp3) is 0.250. The molecule has 0 aliphatic rings. The molecule has 0 saturated heterocycles. The topological polar surface area (TPSA) is 61.6 Å². The molecule has 1 atom stereocenters. The van der Waals surface area contributed by atoms with Crippen molar-refractivity contribution in [2.45, 2.75) is 19.9 Å². The largest absolute Gasteiger partial charge is 0.376 e. The molecule has 0 radical (unpaired) electrons. The Morgan fingerprint density at radius 1 is 1.53 bits per heavy atom. The van der Waals surface area contributed by atoms with Gasteiger partial charge in [-0.15, -0.1) is 11.3 Å². The number of rotatable bonds is 3. The summed E-state index contributed by atoms with van der Waals surface area (Å²) in [4.78, 5) is 8.35. The molecular weight excluding hydrogens is 232 g/mol. The summed E-state index contributed by atoms with van der Waals surface area (Å²) in [6.45, 7) is 4.03. The van der Waals surface area contributed by atoms with Gasteiger partial charge in [0.25, 0.3) is 0 Å². The number of nitriles is 1. The van der Waals surface area contributed by atoms with E-state index in [1.807, 2.05) is 31.4 Å². The minimum Gasteiger partial charge on any atom is -0.376 e. The first-order valence-electron chi connectivity index (χ1n) is 5.24. The van der Waals surface area contributed by atoms with Gasteiger partial charge in [-0.25, -0.2) is 9.97 Å². The normalized spacial score (nSPS) is 11.8. The Labute approximate surface area is 104 Å². The lowest BCUT2D eigenvalue weighted by molar-refractivity contribution is 0.863. The second-order valence-electron chi connectivity index (χ2n) is 3.73. The summed E-state index contributed by atoms with van der Waals surface area (Å²) >= 11 is 1.63. The Balaban J connectivity index is 2.13. The van der Waals surface area contributed by atoms with Crippen molar-refractivity contribution < 1.29 is 0 Å². The first-order valence-corrected chi connectivity index (χ1v) is 6.11. The van der Waals surface area contributed by atoms with Crippen LogP contribution in [-0.4, -0.2) is 9.97 Å². The molecule has 2 rings (SSSR count). The number of aryl methyl sites for hydroxylation is 1. The molecular formula is C12H12N4S. The molecule has 4 nitrogen and oxygen atoms in total. The number of thiazole rings is 1. The number of hydrogen-bond acceptors (Lipinski definition) is 5. The lowest BCUT2D eigenvalue weighted by Crippen LogP contribution is -2.06. The van der Waals surface area contributed by atoms with Crippen LogP contribution in [0, 0.1) is 18.3 Å². The van der Waals surface area contributed by atoms with Gasteiger partial charge in [-0.1, -0.05) is 0 Å². The van der Waals surface area contributed by atoms with Crippen molar-refractivity contribution in [2.75, 3.05) is 5.32 Å². The zero-order valence-electron chi connectivity index (χ0n) is 9.64. The van der Waals surface area contributed by atoms with E-state index >= 15 is 0 Å². The van der Waals surface area contributed by atoms with Crippen LogP contribution in [0.2, 0.25) is 0 Å². The monoisotopic (exact) mass is 244 g/mol. The minimum absolute atomic E-state index is 0.127. The fourth-order valence-corrected chi connectivity index (χ4v) is 2.27. The van der Waals surface area contributed by atoms with Crippen molar-refractivity contribution in [1.82, 2.24) is 9.97 Å². The van der Waals surface area contributed by atoms with Gasteiger partial charge in [0.1, 0.15) is 16.8 Å². The van der Waals surface area contributed by atoms with Gasteiger partial charge in [-0.3, -0.25) is 0 Å². The molecule has 0 aromatic carbocycles. The Morgan fingerprint density at radius 2 is 2.35 bits per heavy atom. The van der Waals surface area contributed by atoms with Gasteiger partial charge >= 0.3 is 0 Å². The quantitative estimate of drug-likeness (QED) is 0.901. The van der Waals surface area contributed by atoms with Crippen LogP contribution in [0.1, 0.15) is 29.4 Å². The highest BCUT2D eigenvalue weighted by Crippen LogP contribution is 2.22. The molecule has 1 N–H and O–H groups in total. The summed E-state index contributed by atoms with van der Waals surface area (Å²) in [5, 5.41) is 15.1. The number of nitrogens with one attached hydrogen (secondary N) is 1. The first kappa shape index (κ1) is 11.6. The number of aromatic nitrogens is 2. The van der Waals surface area contributed by atoms with Crippen LogP contribution < -0.4 is 5.32 Å². The summed E-state index contributed by atoms with van der Waals surface area (Å²) in [6, 6.07) is 5.73. The molecule has 17 heavy (non-hydrogen) atoms. The highest BCUT2D eigenvalue weighted by Gasteiger charge is 2.09. The average molecular weight is 244 g/mol. The molecule has 0 aliphatic carbocycles. The second kappa shape index (κ2) is 4.93. The highest BCUT2D eigenvalue weighted by molar-refractivity contribution is 7.09. The van der Waals surface area contributed by atoms with Gasteiger partial charge in [-0.2, -0.15) is 5.26 Å². The van der Waals surface area contributed by atoms with Gasteiger partial charge in [0.05, 0.1) is 6.04 Å². The van der Waals surface area contributed by atoms with E-state index in [-0.39, 0.29) is 6.04 Å². The summed E-state index contributed by atoms with van der Waals surface area (Å²) in [7, 11) is 0. The number of pyridine rings is 1. The van der Waals surface area contributed by atoms with Crippen LogP contribution in [0.5, 0.6) is 0 Å². The van der Waals surface area contributed by atoms with Crippen LogP contribution >= 0.6 is 11.3 Å². The van der Waals surface area contributed by atoms with Crippen LogP contribution in [0.4, 0.5) is 5.69 Å². The number of hydrogen-bond donors (Lipinski definition) is 1. The molecule has 2 aromatic rings. The fourth-order valence-electron chi connectivity index (χ4n) is 1.46. The van der Waals surface area contributed by atoms with E-state index in [0.29, 0.717) is 5.69 Å². The van der Waals surface area contributed by atoms with Crippen LogP contribution in [-0.2, 0) is 0 Å². The average Bonchev–Trinajstić information content (AvgIpc) is 2.76. The second-order valence-corrected chi connectivity index (χ2v) is 4.62. The Hall–Kier alpha value is -1.93. The third-order valence-electron chi connectivity index (χ3n) is 2.26. The van der Waals surface area contributed by atoms with Crippen LogP contribution in [0.25, 0.3) is 0 Å². The molecule has 1 unspecified atom stereocenters. The van der Waals surface area contributed by atoms with E-state index in [0.717, 1.165) is 16.4 Å². The molecule has 0 aliphatic heterocycles. The molecule has 2 aromatic heterocycles. The van der Waals surface area contributed by atoms with E-state index in [4.69, 9.17) is 5.26 Å². The van der Waals surface area contributed by atoms with Gasteiger partial charge in [0, 0.05) is 23.0 Å². The number of anilines is 1. The van der Waals surface area contributed by atoms with Crippen molar-refractivity contribution in [3.05, 3.63) is 40.1 Å². The first-order chi connectivity index (χ1) is 8.19. The molecule has 2 heterocycles. The lowest BCUT2D eigenvalue weighted by atomic mass is 10.3. The SMILES string of the molecule is Cc1csc(C(C)Nc2ccnc(C#N)c2)n1. The lowest BCUT2D eigenvalue weighted by Gasteiger charge is -2.12. The molecule has 0 bridgehead atoms. The Morgan fingerprint density at radius 3 is 3.00 bits per heavy atom.